The molecule has 0 spiro atoms. The summed E-state index contributed by atoms with van der Waals surface area (Å²) in [5, 5.41) is 11.6. The van der Waals surface area contributed by atoms with Gasteiger partial charge in [-0.15, -0.1) is 0 Å². The summed E-state index contributed by atoms with van der Waals surface area (Å²) in [6.45, 7) is 11.6. The molecule has 0 aliphatic carbocycles. The summed E-state index contributed by atoms with van der Waals surface area (Å²) in [5.41, 5.74) is 9.10. The van der Waals surface area contributed by atoms with Crippen LogP contribution in [0.4, 0.5) is 4.79 Å². The Bertz CT molecular complexity index is 1270. The van der Waals surface area contributed by atoms with Gasteiger partial charge in [0.25, 0.3) is 0 Å². The van der Waals surface area contributed by atoms with Crippen LogP contribution in [0.15, 0.2) is 24.3 Å². The van der Waals surface area contributed by atoms with Gasteiger partial charge < -0.3 is 40.5 Å². The minimum Gasteiger partial charge on any atom is -0.490 e. The van der Waals surface area contributed by atoms with Crippen molar-refractivity contribution in [2.24, 2.45) is 23.3 Å². The standard InChI is InChI=1S/C32H49N5O9/c1-30(2,3)45-26(38)24(23(25(33)34)20-12-14-36-15-13-20)37-17-22(44-29(37)41)18-43-21-10-8-19(9-11-21)16-32(35,27(39)42-7)28(40)46-31(4,5)6/h8-11,20,22-24,36H,12-18,35H2,1-7H3,(H3,33,34). The van der Waals surface area contributed by atoms with Gasteiger partial charge in [-0.3, -0.25) is 10.3 Å². The molecule has 0 radical (unpaired) electrons. The average Bonchev–Trinajstić information content (AvgIpc) is 3.32. The number of amidine groups is 1. The minimum atomic E-state index is -2.05. The maximum Gasteiger partial charge on any atom is 0.411 e. The third kappa shape index (κ3) is 9.55. The van der Waals surface area contributed by atoms with Gasteiger partial charge in [-0.2, -0.15) is 0 Å². The summed E-state index contributed by atoms with van der Waals surface area (Å²) in [4.78, 5) is 53.3. The number of nitrogens with two attached hydrogens (primary N) is 2. The molecule has 2 aliphatic rings. The number of nitrogens with one attached hydrogen (secondary N) is 2. The number of carbonyl (C=O) groups is 4. The molecule has 1 amide bonds. The van der Waals surface area contributed by atoms with Crippen LogP contribution in [0.1, 0.15) is 59.9 Å². The fraction of sp³-hybridized carbons (Fsp3) is 0.656. The Balaban J connectivity index is 1.72. The first kappa shape index (κ1) is 36.6. The van der Waals surface area contributed by atoms with Crippen molar-refractivity contribution in [1.29, 1.82) is 5.41 Å². The second-order valence-corrected chi connectivity index (χ2v) is 13.8. The molecule has 6 N–H and O–H groups in total. The quantitative estimate of drug-likeness (QED) is 0.0844. The predicted molar refractivity (Wildman–Crippen MR) is 168 cm³/mol. The number of methoxy groups -OCH3 is 1. The highest BCUT2D eigenvalue weighted by Gasteiger charge is 2.49. The molecule has 46 heavy (non-hydrogen) atoms. The molecule has 2 heterocycles. The van der Waals surface area contributed by atoms with Crippen LogP contribution in [0.5, 0.6) is 5.75 Å². The Morgan fingerprint density at radius 1 is 1.02 bits per heavy atom. The van der Waals surface area contributed by atoms with Crippen LogP contribution in [-0.2, 0) is 39.8 Å². The van der Waals surface area contributed by atoms with Crippen LogP contribution >= 0.6 is 0 Å². The number of nitrogens with zero attached hydrogens (tertiary/aromatic N) is 1. The van der Waals surface area contributed by atoms with E-state index in [1.54, 1.807) is 65.8 Å². The number of benzene rings is 1. The first-order valence-corrected chi connectivity index (χ1v) is 15.4. The zero-order valence-corrected chi connectivity index (χ0v) is 27.8. The topological polar surface area (TPSA) is 206 Å². The zero-order chi connectivity index (χ0) is 34.4. The molecular formula is C32H49N5O9. The van der Waals surface area contributed by atoms with E-state index >= 15 is 0 Å². The van der Waals surface area contributed by atoms with Crippen LogP contribution in [0, 0.1) is 17.2 Å². The van der Waals surface area contributed by atoms with Gasteiger partial charge in [0.2, 0.25) is 5.54 Å². The van der Waals surface area contributed by atoms with Crippen LogP contribution < -0.4 is 21.5 Å². The van der Waals surface area contributed by atoms with E-state index in [0.717, 1.165) is 7.11 Å². The molecule has 3 rings (SSSR count). The molecule has 1 aromatic rings. The van der Waals surface area contributed by atoms with Gasteiger partial charge in [0, 0.05) is 6.42 Å². The molecule has 0 saturated carbocycles. The van der Waals surface area contributed by atoms with Crippen molar-refractivity contribution < 1.29 is 42.9 Å². The molecule has 2 aliphatic heterocycles. The molecule has 4 unspecified atom stereocenters. The second-order valence-electron chi connectivity index (χ2n) is 13.8. The van der Waals surface area contributed by atoms with E-state index in [2.05, 4.69) is 5.32 Å². The first-order chi connectivity index (χ1) is 21.3. The number of ether oxygens (including phenoxy) is 5. The van der Waals surface area contributed by atoms with Crippen LogP contribution in [0.2, 0.25) is 0 Å². The number of piperidine rings is 1. The number of hydrogen-bond donors (Lipinski definition) is 4. The van der Waals surface area contributed by atoms with Crippen molar-refractivity contribution in [3.63, 3.8) is 0 Å². The molecular weight excluding hydrogens is 598 g/mol. The van der Waals surface area contributed by atoms with Gasteiger partial charge in [0.15, 0.2) is 6.10 Å². The Labute approximate surface area is 270 Å². The smallest absolute Gasteiger partial charge is 0.411 e. The number of amides is 1. The lowest BCUT2D eigenvalue weighted by molar-refractivity contribution is -0.170. The normalized spacial score (nSPS) is 20.1. The minimum absolute atomic E-state index is 0.0262. The summed E-state index contributed by atoms with van der Waals surface area (Å²) >= 11 is 0. The van der Waals surface area contributed by atoms with Crippen molar-refractivity contribution in [3.05, 3.63) is 29.8 Å². The van der Waals surface area contributed by atoms with Crippen LogP contribution in [0.25, 0.3) is 0 Å². The van der Waals surface area contributed by atoms with Gasteiger partial charge in [-0.25, -0.2) is 19.2 Å². The van der Waals surface area contributed by atoms with Gasteiger partial charge in [0.05, 0.1) is 25.4 Å². The summed E-state index contributed by atoms with van der Waals surface area (Å²) in [6, 6.07) is 5.41. The van der Waals surface area contributed by atoms with Crippen molar-refractivity contribution in [3.8, 4) is 5.75 Å². The lowest BCUT2D eigenvalue weighted by Crippen LogP contribution is -2.59. The highest BCUT2D eigenvalue weighted by molar-refractivity contribution is 6.05. The molecule has 0 aromatic heterocycles. The maximum atomic E-state index is 13.5. The highest BCUT2D eigenvalue weighted by atomic mass is 16.6. The van der Waals surface area contributed by atoms with Gasteiger partial charge in [-0.1, -0.05) is 12.1 Å². The largest absolute Gasteiger partial charge is 0.490 e. The van der Waals surface area contributed by atoms with E-state index in [4.69, 9.17) is 40.6 Å². The van der Waals surface area contributed by atoms with E-state index in [1.807, 2.05) is 0 Å². The molecule has 2 saturated heterocycles. The molecule has 14 nitrogen and oxygen atoms in total. The molecule has 4 atom stereocenters. The van der Waals surface area contributed by atoms with Crippen molar-refractivity contribution >= 4 is 29.8 Å². The van der Waals surface area contributed by atoms with E-state index in [-0.39, 0.29) is 31.3 Å². The lowest BCUT2D eigenvalue weighted by Gasteiger charge is -2.38. The number of esters is 3. The van der Waals surface area contributed by atoms with Gasteiger partial charge in [-0.05, 0) is 91.1 Å². The third-order valence-corrected chi connectivity index (χ3v) is 7.63. The van der Waals surface area contributed by atoms with E-state index < -0.39 is 58.8 Å². The molecule has 2 fully saturated rings. The van der Waals surface area contributed by atoms with Crippen LogP contribution in [-0.4, -0.2) is 97.0 Å². The monoisotopic (exact) mass is 647 g/mol. The molecule has 1 aromatic carbocycles. The lowest BCUT2D eigenvalue weighted by atomic mass is 9.78. The predicted octanol–water partition coefficient (Wildman–Crippen LogP) is 1.90. The number of rotatable bonds is 12. The number of cyclic esters (lactones) is 1. The Kier molecular flexibility index (Phi) is 11.7. The fourth-order valence-electron chi connectivity index (χ4n) is 5.56. The molecule has 256 valence electrons. The molecule has 14 heteroatoms. The SMILES string of the molecule is COC(=O)C(N)(Cc1ccc(OCC2CN(C(C(=O)OC(C)(C)C)C(C(=N)N)C3CCNCC3)C(=O)O2)cc1)C(=O)OC(C)(C)C. The third-order valence-electron chi connectivity index (χ3n) is 7.63. The van der Waals surface area contributed by atoms with E-state index in [1.165, 1.54) is 4.90 Å². The van der Waals surface area contributed by atoms with Crippen molar-refractivity contribution in [1.82, 2.24) is 10.2 Å². The van der Waals surface area contributed by atoms with Gasteiger partial charge >= 0.3 is 24.0 Å². The van der Waals surface area contributed by atoms with Crippen molar-refractivity contribution in [2.75, 3.05) is 33.4 Å². The summed E-state index contributed by atoms with van der Waals surface area (Å²) in [6.07, 6.45) is -0.232. The summed E-state index contributed by atoms with van der Waals surface area (Å²) < 4.78 is 27.3. The second kappa shape index (κ2) is 14.7. The van der Waals surface area contributed by atoms with E-state index in [9.17, 15) is 19.2 Å². The fourth-order valence-corrected chi connectivity index (χ4v) is 5.56. The van der Waals surface area contributed by atoms with E-state index in [0.29, 0.717) is 37.2 Å². The van der Waals surface area contributed by atoms with Crippen LogP contribution in [0.3, 0.4) is 0 Å². The Morgan fingerprint density at radius 3 is 2.13 bits per heavy atom. The Hall–Kier alpha value is -3.91. The average molecular weight is 648 g/mol. The maximum absolute atomic E-state index is 13.5. The number of hydrogen-bond acceptors (Lipinski definition) is 12. The first-order valence-electron chi connectivity index (χ1n) is 15.4. The van der Waals surface area contributed by atoms with Crippen molar-refractivity contribution in [2.45, 2.75) is 89.7 Å². The Morgan fingerprint density at radius 2 is 1.61 bits per heavy atom. The molecule has 0 bridgehead atoms. The van der Waals surface area contributed by atoms with Gasteiger partial charge in [0.1, 0.15) is 29.6 Å². The summed E-state index contributed by atoms with van der Waals surface area (Å²) in [5.74, 6) is -3.07. The number of carbonyl (C=O) groups excluding carboxylic acids is 4. The highest BCUT2D eigenvalue weighted by Crippen LogP contribution is 2.32. The summed E-state index contributed by atoms with van der Waals surface area (Å²) in [7, 11) is 1.14. The zero-order valence-electron chi connectivity index (χ0n) is 27.8.